The van der Waals surface area contributed by atoms with Crippen LogP contribution in [0.1, 0.15) is 18.4 Å². The Hall–Kier alpha value is -1.72. The molecule has 112 valence electrons. The lowest BCUT2D eigenvalue weighted by Crippen LogP contribution is -2.32. The van der Waals surface area contributed by atoms with Crippen molar-refractivity contribution in [3.05, 3.63) is 48.0 Å². The Balaban J connectivity index is 1.70. The fourth-order valence-electron chi connectivity index (χ4n) is 2.92. The number of halogens is 1. The first-order valence-electron chi connectivity index (χ1n) is 7.29. The van der Waals surface area contributed by atoms with Gasteiger partial charge in [-0.2, -0.15) is 5.10 Å². The van der Waals surface area contributed by atoms with Gasteiger partial charge in [-0.05, 0) is 37.6 Å². The summed E-state index contributed by atoms with van der Waals surface area (Å²) in [4.78, 5) is 2.43. The van der Waals surface area contributed by atoms with Gasteiger partial charge in [-0.15, -0.1) is 0 Å². The van der Waals surface area contributed by atoms with Crippen LogP contribution in [0.15, 0.2) is 36.7 Å². The molecule has 1 saturated heterocycles. The Labute approximate surface area is 124 Å². The molecule has 0 N–H and O–H groups in total. The summed E-state index contributed by atoms with van der Waals surface area (Å²) in [5.41, 5.74) is 1.89. The lowest BCUT2D eigenvalue weighted by Gasteiger charge is -2.22. The number of likely N-dealkylation sites (tertiary alicyclic amines) is 1. The number of methoxy groups -OCH3 is 1. The van der Waals surface area contributed by atoms with E-state index in [1.165, 1.54) is 25.0 Å². The third kappa shape index (κ3) is 3.31. The summed E-state index contributed by atoms with van der Waals surface area (Å²) < 4.78 is 20.3. The first-order valence-corrected chi connectivity index (χ1v) is 7.29. The van der Waals surface area contributed by atoms with Crippen LogP contribution < -0.4 is 0 Å². The van der Waals surface area contributed by atoms with Crippen molar-refractivity contribution >= 4 is 0 Å². The van der Waals surface area contributed by atoms with Crippen LogP contribution in [0, 0.1) is 5.82 Å². The van der Waals surface area contributed by atoms with Gasteiger partial charge in [0.05, 0.1) is 18.5 Å². The molecule has 1 atom stereocenters. The zero-order valence-corrected chi connectivity index (χ0v) is 12.2. The molecule has 3 rings (SSSR count). The van der Waals surface area contributed by atoms with Gasteiger partial charge < -0.3 is 4.74 Å². The lowest BCUT2D eigenvalue weighted by atomic mass is 10.2. The monoisotopic (exact) mass is 289 g/mol. The largest absolute Gasteiger partial charge is 0.383 e. The summed E-state index contributed by atoms with van der Waals surface area (Å²) in [6.07, 6.45) is 6.22. The molecule has 4 nitrogen and oxygen atoms in total. The van der Waals surface area contributed by atoms with Crippen LogP contribution in [-0.2, 0) is 11.3 Å². The van der Waals surface area contributed by atoms with Gasteiger partial charge in [0.15, 0.2) is 0 Å². The van der Waals surface area contributed by atoms with Crippen LogP contribution in [-0.4, -0.2) is 41.0 Å². The Bertz CT molecular complexity index is 599. The van der Waals surface area contributed by atoms with Gasteiger partial charge in [-0.1, -0.05) is 6.07 Å². The molecule has 0 aliphatic carbocycles. The van der Waals surface area contributed by atoms with Gasteiger partial charge in [0.1, 0.15) is 5.82 Å². The third-order valence-electron chi connectivity index (χ3n) is 3.95. The van der Waals surface area contributed by atoms with E-state index in [-0.39, 0.29) is 5.82 Å². The molecule has 1 aliphatic rings. The molecule has 2 heterocycles. The number of ether oxygens (including phenoxy) is 1. The van der Waals surface area contributed by atoms with Gasteiger partial charge in [-0.3, -0.25) is 4.90 Å². The summed E-state index contributed by atoms with van der Waals surface area (Å²) in [6, 6.07) is 6.96. The average molecular weight is 289 g/mol. The van der Waals surface area contributed by atoms with Crippen LogP contribution in [0.3, 0.4) is 0 Å². The Morgan fingerprint density at radius 1 is 1.43 bits per heavy atom. The molecular formula is C16H20FN3O. The maximum absolute atomic E-state index is 13.3. The molecule has 1 aliphatic heterocycles. The van der Waals surface area contributed by atoms with Crippen LogP contribution in [0.5, 0.6) is 0 Å². The standard InChI is InChI=1S/C16H20FN3O/c1-21-12-16-6-3-7-19(16)10-13-9-18-20(11-13)15-5-2-4-14(17)8-15/h2,4-5,8-9,11,16H,3,6-7,10,12H2,1H3/t16-/m0/s1. The Morgan fingerprint density at radius 2 is 2.33 bits per heavy atom. The predicted molar refractivity (Wildman–Crippen MR) is 78.8 cm³/mol. The first-order chi connectivity index (χ1) is 10.3. The van der Waals surface area contributed by atoms with Crippen molar-refractivity contribution in [3.63, 3.8) is 0 Å². The molecule has 0 saturated carbocycles. The van der Waals surface area contributed by atoms with Gasteiger partial charge >= 0.3 is 0 Å². The summed E-state index contributed by atoms with van der Waals surface area (Å²) in [6.45, 7) is 2.74. The number of rotatable bonds is 5. The molecule has 1 fully saturated rings. The molecule has 0 bridgehead atoms. The highest BCUT2D eigenvalue weighted by atomic mass is 19.1. The Morgan fingerprint density at radius 3 is 3.14 bits per heavy atom. The molecule has 0 amide bonds. The van der Waals surface area contributed by atoms with E-state index in [0.29, 0.717) is 6.04 Å². The summed E-state index contributed by atoms with van der Waals surface area (Å²) >= 11 is 0. The highest BCUT2D eigenvalue weighted by molar-refractivity contribution is 5.31. The van der Waals surface area contributed by atoms with Crippen LogP contribution in [0.2, 0.25) is 0 Å². The predicted octanol–water partition coefficient (Wildman–Crippen LogP) is 2.62. The molecule has 21 heavy (non-hydrogen) atoms. The maximum Gasteiger partial charge on any atom is 0.125 e. The minimum absolute atomic E-state index is 0.246. The second-order valence-corrected chi connectivity index (χ2v) is 5.49. The van der Waals surface area contributed by atoms with E-state index < -0.39 is 0 Å². The number of aromatic nitrogens is 2. The smallest absolute Gasteiger partial charge is 0.125 e. The minimum Gasteiger partial charge on any atom is -0.383 e. The SMILES string of the molecule is COC[C@@H]1CCCN1Cc1cnn(-c2cccc(F)c2)c1. The highest BCUT2D eigenvalue weighted by Crippen LogP contribution is 2.20. The first kappa shape index (κ1) is 14.2. The van der Waals surface area contributed by atoms with Crippen molar-refractivity contribution in [3.8, 4) is 5.69 Å². The van der Waals surface area contributed by atoms with E-state index in [0.717, 1.165) is 30.9 Å². The number of nitrogens with zero attached hydrogens (tertiary/aromatic N) is 3. The van der Waals surface area contributed by atoms with Crippen LogP contribution >= 0.6 is 0 Å². The summed E-state index contributed by atoms with van der Waals surface area (Å²) in [5, 5.41) is 4.33. The van der Waals surface area contributed by atoms with Gasteiger partial charge in [-0.25, -0.2) is 9.07 Å². The Kier molecular flexibility index (Phi) is 4.31. The lowest BCUT2D eigenvalue weighted by molar-refractivity contribution is 0.112. The topological polar surface area (TPSA) is 30.3 Å². The maximum atomic E-state index is 13.3. The van der Waals surface area contributed by atoms with Crippen molar-refractivity contribution in [1.82, 2.24) is 14.7 Å². The molecule has 1 aromatic carbocycles. The van der Waals surface area contributed by atoms with E-state index in [1.807, 2.05) is 18.5 Å². The van der Waals surface area contributed by atoms with E-state index in [4.69, 9.17) is 4.74 Å². The van der Waals surface area contributed by atoms with Crippen molar-refractivity contribution in [2.45, 2.75) is 25.4 Å². The van der Waals surface area contributed by atoms with E-state index in [1.54, 1.807) is 17.9 Å². The van der Waals surface area contributed by atoms with Crippen LogP contribution in [0.25, 0.3) is 5.69 Å². The van der Waals surface area contributed by atoms with Crippen molar-refractivity contribution in [2.24, 2.45) is 0 Å². The molecule has 2 aromatic rings. The number of hydrogen-bond acceptors (Lipinski definition) is 3. The number of hydrogen-bond donors (Lipinski definition) is 0. The molecular weight excluding hydrogens is 269 g/mol. The molecule has 0 unspecified atom stereocenters. The molecule has 5 heteroatoms. The quantitative estimate of drug-likeness (QED) is 0.847. The van der Waals surface area contributed by atoms with Crippen molar-refractivity contribution in [1.29, 1.82) is 0 Å². The molecule has 0 spiro atoms. The van der Waals surface area contributed by atoms with E-state index >= 15 is 0 Å². The minimum atomic E-state index is -0.246. The fraction of sp³-hybridized carbons (Fsp3) is 0.438. The van der Waals surface area contributed by atoms with Gasteiger partial charge in [0.2, 0.25) is 0 Å². The fourth-order valence-corrected chi connectivity index (χ4v) is 2.92. The zero-order valence-electron chi connectivity index (χ0n) is 12.2. The number of benzene rings is 1. The highest BCUT2D eigenvalue weighted by Gasteiger charge is 2.24. The van der Waals surface area contributed by atoms with Crippen LogP contribution in [0.4, 0.5) is 4.39 Å². The van der Waals surface area contributed by atoms with Crippen molar-refractivity contribution in [2.75, 3.05) is 20.3 Å². The molecule has 1 aromatic heterocycles. The van der Waals surface area contributed by atoms with Gasteiger partial charge in [0.25, 0.3) is 0 Å². The average Bonchev–Trinajstić information content (AvgIpc) is 3.10. The van der Waals surface area contributed by atoms with E-state index in [2.05, 4.69) is 10.00 Å². The summed E-state index contributed by atoms with van der Waals surface area (Å²) in [5.74, 6) is -0.246. The zero-order chi connectivity index (χ0) is 14.7. The third-order valence-corrected chi connectivity index (χ3v) is 3.95. The van der Waals surface area contributed by atoms with E-state index in [9.17, 15) is 4.39 Å². The molecule has 0 radical (unpaired) electrons. The van der Waals surface area contributed by atoms with Crippen molar-refractivity contribution < 1.29 is 9.13 Å². The summed E-state index contributed by atoms with van der Waals surface area (Å²) in [7, 11) is 1.75. The second-order valence-electron chi connectivity index (χ2n) is 5.49. The second kappa shape index (κ2) is 6.37. The van der Waals surface area contributed by atoms with Gasteiger partial charge in [0, 0.05) is 31.5 Å². The normalized spacial score (nSPS) is 19.2.